The molecule has 0 radical (unpaired) electrons. The van der Waals surface area contributed by atoms with Crippen LogP contribution in [0.15, 0.2) is 23.2 Å². The van der Waals surface area contributed by atoms with Crippen LogP contribution in [0.1, 0.15) is 68.9 Å². The number of unbranched alkanes of at least 4 members (excludes halogenated alkanes) is 1. The van der Waals surface area contributed by atoms with Crippen LogP contribution in [0, 0.1) is 6.92 Å². The monoisotopic (exact) mass is 431 g/mol. The molecule has 2 N–H and O–H groups in total. The van der Waals surface area contributed by atoms with Gasteiger partial charge in [0.2, 0.25) is 0 Å². The summed E-state index contributed by atoms with van der Waals surface area (Å²) >= 11 is 0. The zero-order valence-electron chi connectivity index (χ0n) is 19.5. The van der Waals surface area contributed by atoms with E-state index < -0.39 is 0 Å². The minimum atomic E-state index is 0.151. The van der Waals surface area contributed by atoms with Crippen molar-refractivity contribution in [3.8, 4) is 5.75 Å². The standard InChI is InChI=1S/C25H41N3O3/c1-20-11-12-21(24(17-20)31-23-13-16-29-19-23)18-28-25(26-2)27-14-7-8-15-30-22-9-5-3-4-6-10-22/h11-12,17,22-23H,3-10,13-16,18-19H2,1-2H3,(H2,26,27,28). The van der Waals surface area contributed by atoms with E-state index in [4.69, 9.17) is 14.2 Å². The van der Waals surface area contributed by atoms with Gasteiger partial charge in [0.25, 0.3) is 0 Å². The van der Waals surface area contributed by atoms with Gasteiger partial charge in [0.05, 0.1) is 19.3 Å². The second-order valence-electron chi connectivity index (χ2n) is 8.76. The van der Waals surface area contributed by atoms with Gasteiger partial charge in [0.15, 0.2) is 5.96 Å². The van der Waals surface area contributed by atoms with E-state index in [1.165, 1.54) is 44.1 Å². The lowest BCUT2D eigenvalue weighted by Gasteiger charge is -2.18. The van der Waals surface area contributed by atoms with Gasteiger partial charge in [-0.3, -0.25) is 4.99 Å². The summed E-state index contributed by atoms with van der Waals surface area (Å²) in [7, 11) is 1.81. The Bertz CT molecular complexity index is 666. The topological polar surface area (TPSA) is 64.1 Å². The molecule has 2 fully saturated rings. The van der Waals surface area contributed by atoms with Crippen LogP contribution in [-0.2, 0) is 16.0 Å². The second kappa shape index (κ2) is 13.6. The average Bonchev–Trinajstić information content (AvgIpc) is 3.14. The van der Waals surface area contributed by atoms with Crippen LogP contribution in [0.2, 0.25) is 0 Å². The molecule has 1 aromatic carbocycles. The Labute approximate surface area is 188 Å². The van der Waals surface area contributed by atoms with Crippen LogP contribution in [0.4, 0.5) is 0 Å². The maximum Gasteiger partial charge on any atom is 0.191 e. The van der Waals surface area contributed by atoms with Crippen molar-refractivity contribution in [2.75, 3.05) is 33.4 Å². The Kier molecular flexibility index (Phi) is 10.5. The molecule has 1 aromatic rings. The molecule has 2 aliphatic rings. The number of nitrogens with one attached hydrogen (secondary N) is 2. The van der Waals surface area contributed by atoms with Crippen LogP contribution < -0.4 is 15.4 Å². The number of hydrogen-bond acceptors (Lipinski definition) is 4. The van der Waals surface area contributed by atoms with Gasteiger partial charge in [-0.2, -0.15) is 0 Å². The van der Waals surface area contributed by atoms with Gasteiger partial charge in [0.1, 0.15) is 11.9 Å². The molecule has 1 aliphatic carbocycles. The molecule has 1 saturated heterocycles. The van der Waals surface area contributed by atoms with Crippen LogP contribution >= 0.6 is 0 Å². The van der Waals surface area contributed by atoms with E-state index in [1.54, 1.807) is 0 Å². The lowest BCUT2D eigenvalue weighted by Crippen LogP contribution is -2.37. The highest BCUT2D eigenvalue weighted by Gasteiger charge is 2.19. The van der Waals surface area contributed by atoms with Gasteiger partial charge in [0, 0.05) is 38.7 Å². The van der Waals surface area contributed by atoms with Crippen LogP contribution in [0.25, 0.3) is 0 Å². The molecule has 0 amide bonds. The molecule has 1 heterocycles. The van der Waals surface area contributed by atoms with Crippen molar-refractivity contribution in [3.63, 3.8) is 0 Å². The number of guanidine groups is 1. The number of aliphatic imine (C=N–C) groups is 1. The van der Waals surface area contributed by atoms with Gasteiger partial charge in [-0.05, 0) is 44.2 Å². The number of benzene rings is 1. The summed E-state index contributed by atoms with van der Waals surface area (Å²) in [6, 6.07) is 6.37. The number of hydrogen-bond donors (Lipinski definition) is 2. The van der Waals surface area contributed by atoms with E-state index in [0.717, 1.165) is 56.3 Å². The third-order valence-corrected chi connectivity index (χ3v) is 6.09. The summed E-state index contributed by atoms with van der Waals surface area (Å²) < 4.78 is 17.7. The van der Waals surface area contributed by atoms with Crippen molar-refractivity contribution in [2.24, 2.45) is 4.99 Å². The molecule has 6 heteroatoms. The highest BCUT2D eigenvalue weighted by atomic mass is 16.5. The first kappa shape index (κ1) is 23.9. The maximum absolute atomic E-state index is 6.20. The molecule has 1 saturated carbocycles. The molecule has 1 unspecified atom stereocenters. The summed E-state index contributed by atoms with van der Waals surface area (Å²) in [5.41, 5.74) is 2.34. The second-order valence-corrected chi connectivity index (χ2v) is 8.76. The third-order valence-electron chi connectivity index (χ3n) is 6.09. The molecular weight excluding hydrogens is 390 g/mol. The van der Waals surface area contributed by atoms with Crippen molar-refractivity contribution in [1.82, 2.24) is 10.6 Å². The van der Waals surface area contributed by atoms with Gasteiger partial charge < -0.3 is 24.8 Å². The molecule has 6 nitrogen and oxygen atoms in total. The Morgan fingerprint density at radius 1 is 1.06 bits per heavy atom. The van der Waals surface area contributed by atoms with Gasteiger partial charge in [-0.1, -0.05) is 37.8 Å². The lowest BCUT2D eigenvalue weighted by molar-refractivity contribution is 0.0411. The van der Waals surface area contributed by atoms with E-state index in [9.17, 15) is 0 Å². The summed E-state index contributed by atoms with van der Waals surface area (Å²) in [5.74, 6) is 1.76. The minimum Gasteiger partial charge on any atom is -0.488 e. The lowest BCUT2D eigenvalue weighted by atomic mass is 10.1. The normalized spacial score (nSPS) is 20.5. The predicted octanol–water partition coefficient (Wildman–Crippen LogP) is 4.35. The Hall–Kier alpha value is -1.79. The van der Waals surface area contributed by atoms with Crippen molar-refractivity contribution in [1.29, 1.82) is 0 Å². The maximum atomic E-state index is 6.20. The molecular formula is C25H41N3O3. The number of aryl methyl sites for hydroxylation is 1. The molecule has 0 spiro atoms. The molecule has 0 bridgehead atoms. The smallest absolute Gasteiger partial charge is 0.191 e. The van der Waals surface area contributed by atoms with E-state index >= 15 is 0 Å². The number of nitrogens with zero attached hydrogens (tertiary/aromatic N) is 1. The van der Waals surface area contributed by atoms with Crippen molar-refractivity contribution >= 4 is 5.96 Å². The van der Waals surface area contributed by atoms with E-state index in [-0.39, 0.29) is 6.10 Å². The fraction of sp³-hybridized carbons (Fsp3) is 0.720. The van der Waals surface area contributed by atoms with Crippen molar-refractivity contribution in [3.05, 3.63) is 29.3 Å². The molecule has 0 aromatic heterocycles. The highest BCUT2D eigenvalue weighted by Crippen LogP contribution is 2.24. The zero-order chi connectivity index (χ0) is 21.7. The third kappa shape index (κ3) is 8.69. The fourth-order valence-electron chi connectivity index (χ4n) is 4.19. The SMILES string of the molecule is CN=C(NCCCCOC1CCCCCC1)NCc1ccc(C)cc1OC1CCOC1. The summed E-state index contributed by atoms with van der Waals surface area (Å²) in [5, 5.41) is 6.83. The quantitative estimate of drug-likeness (QED) is 0.250. The zero-order valence-corrected chi connectivity index (χ0v) is 19.5. The van der Waals surface area contributed by atoms with Crippen molar-refractivity contribution < 1.29 is 14.2 Å². The molecule has 3 rings (SSSR count). The molecule has 31 heavy (non-hydrogen) atoms. The first-order valence-corrected chi connectivity index (χ1v) is 12.1. The van der Waals surface area contributed by atoms with E-state index in [2.05, 4.69) is 40.7 Å². The Balaban J connectivity index is 1.34. The first-order chi connectivity index (χ1) is 15.2. The average molecular weight is 432 g/mol. The Morgan fingerprint density at radius 2 is 1.90 bits per heavy atom. The summed E-state index contributed by atoms with van der Waals surface area (Å²) in [6.45, 7) is 5.99. The van der Waals surface area contributed by atoms with Crippen molar-refractivity contribution in [2.45, 2.75) is 83.5 Å². The predicted molar refractivity (Wildman–Crippen MR) is 126 cm³/mol. The number of rotatable bonds is 10. The van der Waals surface area contributed by atoms with Gasteiger partial charge in [-0.25, -0.2) is 0 Å². The summed E-state index contributed by atoms with van der Waals surface area (Å²) in [6.07, 6.45) is 11.7. The van der Waals surface area contributed by atoms with Gasteiger partial charge in [-0.15, -0.1) is 0 Å². The Morgan fingerprint density at radius 3 is 2.65 bits per heavy atom. The van der Waals surface area contributed by atoms with Crippen LogP contribution in [-0.4, -0.2) is 51.6 Å². The van der Waals surface area contributed by atoms with Crippen LogP contribution in [0.3, 0.4) is 0 Å². The summed E-state index contributed by atoms with van der Waals surface area (Å²) in [4.78, 5) is 4.36. The number of ether oxygens (including phenoxy) is 3. The molecule has 174 valence electrons. The highest BCUT2D eigenvalue weighted by molar-refractivity contribution is 5.79. The minimum absolute atomic E-state index is 0.151. The molecule has 1 atom stereocenters. The van der Waals surface area contributed by atoms with Crippen LogP contribution in [0.5, 0.6) is 5.75 Å². The fourth-order valence-corrected chi connectivity index (χ4v) is 4.19. The first-order valence-electron chi connectivity index (χ1n) is 12.1. The van der Waals surface area contributed by atoms with Gasteiger partial charge >= 0.3 is 0 Å². The largest absolute Gasteiger partial charge is 0.488 e. The molecule has 1 aliphatic heterocycles. The van der Waals surface area contributed by atoms with E-state index in [0.29, 0.717) is 19.3 Å². The van der Waals surface area contributed by atoms with E-state index in [1.807, 2.05) is 7.05 Å².